The maximum atomic E-state index is 12.5. The third-order valence-corrected chi connectivity index (χ3v) is 3.96. The first-order valence-electron chi connectivity index (χ1n) is 8.23. The number of anilines is 1. The average Bonchev–Trinajstić information content (AvgIpc) is 3.17. The number of nitro groups is 1. The van der Waals surface area contributed by atoms with E-state index in [1.165, 1.54) is 59.4 Å². The Labute approximate surface area is 172 Å². The van der Waals surface area contributed by atoms with Crippen LogP contribution in [0.1, 0.15) is 10.5 Å². The molecule has 0 fully saturated rings. The number of hydrogen-bond acceptors (Lipinski definition) is 5. The van der Waals surface area contributed by atoms with Crippen molar-refractivity contribution in [2.45, 2.75) is 6.18 Å². The number of hydrogen-bond donors (Lipinski definition) is 1. The van der Waals surface area contributed by atoms with Gasteiger partial charge in [-0.1, -0.05) is 11.6 Å². The van der Waals surface area contributed by atoms with Crippen molar-refractivity contribution in [2.24, 2.45) is 0 Å². The largest absolute Gasteiger partial charge is 0.482 e. The van der Waals surface area contributed by atoms with Gasteiger partial charge in [-0.25, -0.2) is 4.68 Å². The molecule has 12 heteroatoms. The molecule has 30 heavy (non-hydrogen) atoms. The second-order valence-corrected chi connectivity index (χ2v) is 6.35. The van der Waals surface area contributed by atoms with Gasteiger partial charge in [0.2, 0.25) is 0 Å². The van der Waals surface area contributed by atoms with E-state index in [1.807, 2.05) is 0 Å². The Bertz CT molecular complexity index is 1080. The first-order chi connectivity index (χ1) is 14.1. The van der Waals surface area contributed by atoms with Crippen LogP contribution in [-0.4, -0.2) is 33.4 Å². The van der Waals surface area contributed by atoms with E-state index in [4.69, 9.17) is 16.3 Å². The summed E-state index contributed by atoms with van der Waals surface area (Å²) in [5.74, 6) is -0.922. The summed E-state index contributed by atoms with van der Waals surface area (Å²) in [6.45, 7) is -1.54. The minimum absolute atomic E-state index is 0.0462. The molecule has 156 valence electrons. The van der Waals surface area contributed by atoms with Gasteiger partial charge in [-0.05, 0) is 36.4 Å². The quantitative estimate of drug-likeness (QED) is 0.445. The molecule has 0 aliphatic heterocycles. The van der Waals surface area contributed by atoms with Gasteiger partial charge in [-0.15, -0.1) is 0 Å². The van der Waals surface area contributed by atoms with Crippen molar-refractivity contribution in [3.63, 3.8) is 0 Å². The van der Waals surface area contributed by atoms with Gasteiger partial charge in [-0.2, -0.15) is 18.3 Å². The van der Waals surface area contributed by atoms with Gasteiger partial charge >= 0.3 is 6.18 Å². The number of alkyl halides is 3. The third kappa shape index (κ3) is 5.26. The molecule has 0 spiro atoms. The summed E-state index contributed by atoms with van der Waals surface area (Å²) in [5.41, 5.74) is 0.268. The Kier molecular flexibility index (Phi) is 5.92. The van der Waals surface area contributed by atoms with Crippen molar-refractivity contribution in [3.05, 3.63) is 75.6 Å². The SMILES string of the molecule is O=C(Nc1cc(Cl)ccc1OCC(F)(F)F)c1ccn(-c2ccc([N+](=O)[O-])cc2)n1. The van der Waals surface area contributed by atoms with Crippen LogP contribution in [0, 0.1) is 10.1 Å². The van der Waals surface area contributed by atoms with Crippen LogP contribution in [0.5, 0.6) is 5.75 Å². The highest BCUT2D eigenvalue weighted by atomic mass is 35.5. The van der Waals surface area contributed by atoms with Gasteiger partial charge < -0.3 is 10.1 Å². The number of nitrogens with one attached hydrogen (secondary N) is 1. The Morgan fingerprint density at radius 3 is 2.53 bits per heavy atom. The topological polar surface area (TPSA) is 99.3 Å². The molecule has 0 atom stereocenters. The van der Waals surface area contributed by atoms with Crippen LogP contribution in [0.15, 0.2) is 54.7 Å². The van der Waals surface area contributed by atoms with Crippen LogP contribution < -0.4 is 10.1 Å². The second-order valence-electron chi connectivity index (χ2n) is 5.92. The van der Waals surface area contributed by atoms with Crippen molar-refractivity contribution in [1.29, 1.82) is 0 Å². The molecule has 0 bridgehead atoms. The Morgan fingerprint density at radius 1 is 1.20 bits per heavy atom. The lowest BCUT2D eigenvalue weighted by molar-refractivity contribution is -0.384. The average molecular weight is 441 g/mol. The van der Waals surface area contributed by atoms with Crippen molar-refractivity contribution >= 4 is 28.9 Å². The lowest BCUT2D eigenvalue weighted by atomic mass is 10.2. The van der Waals surface area contributed by atoms with Crippen molar-refractivity contribution in [3.8, 4) is 11.4 Å². The highest BCUT2D eigenvalue weighted by Crippen LogP contribution is 2.30. The standard InChI is InChI=1S/C18H12ClF3N4O4/c19-11-1-6-16(30-10-18(20,21)22)15(9-11)23-17(27)14-7-8-25(24-14)12-2-4-13(5-3-12)26(28)29/h1-9H,10H2,(H,23,27). The fourth-order valence-electron chi connectivity index (χ4n) is 2.39. The van der Waals surface area contributed by atoms with E-state index in [0.717, 1.165) is 0 Å². The molecule has 0 aliphatic carbocycles. The van der Waals surface area contributed by atoms with Crippen LogP contribution in [-0.2, 0) is 0 Å². The summed E-state index contributed by atoms with van der Waals surface area (Å²) < 4.78 is 43.3. The zero-order valence-electron chi connectivity index (χ0n) is 14.9. The van der Waals surface area contributed by atoms with Crippen molar-refractivity contribution < 1.29 is 27.6 Å². The zero-order valence-corrected chi connectivity index (χ0v) is 15.6. The van der Waals surface area contributed by atoms with E-state index in [0.29, 0.717) is 5.69 Å². The van der Waals surface area contributed by atoms with Gasteiger partial charge in [0.1, 0.15) is 5.75 Å². The first-order valence-corrected chi connectivity index (χ1v) is 8.61. The first kappa shape index (κ1) is 21.1. The van der Waals surface area contributed by atoms with Crippen molar-refractivity contribution in [2.75, 3.05) is 11.9 Å². The number of amides is 1. The van der Waals surface area contributed by atoms with Gasteiger partial charge in [0.05, 0.1) is 16.3 Å². The molecule has 1 aromatic heterocycles. The van der Waals surface area contributed by atoms with Crippen LogP contribution in [0.25, 0.3) is 5.69 Å². The summed E-state index contributed by atoms with van der Waals surface area (Å²) in [4.78, 5) is 22.6. The van der Waals surface area contributed by atoms with Gasteiger partial charge in [0.25, 0.3) is 11.6 Å². The maximum absolute atomic E-state index is 12.5. The minimum Gasteiger partial charge on any atom is -0.482 e. The number of nitro benzene ring substituents is 1. The number of benzene rings is 2. The van der Waals surface area contributed by atoms with Crippen LogP contribution >= 0.6 is 11.6 Å². The smallest absolute Gasteiger partial charge is 0.422 e. The zero-order chi connectivity index (χ0) is 21.9. The minimum atomic E-state index is -4.55. The van der Waals surface area contributed by atoms with E-state index in [-0.39, 0.29) is 27.8 Å². The molecule has 0 unspecified atom stereocenters. The number of ether oxygens (including phenoxy) is 1. The molecule has 1 amide bonds. The molecule has 0 radical (unpaired) electrons. The number of nitrogens with zero attached hydrogens (tertiary/aromatic N) is 3. The molecule has 2 aromatic carbocycles. The Morgan fingerprint density at radius 2 is 1.90 bits per heavy atom. The fourth-order valence-corrected chi connectivity index (χ4v) is 2.56. The molecule has 1 heterocycles. The molecular weight excluding hydrogens is 429 g/mol. The molecule has 3 aromatic rings. The summed E-state index contributed by atoms with van der Waals surface area (Å²) in [5, 5.41) is 17.4. The summed E-state index contributed by atoms with van der Waals surface area (Å²) in [7, 11) is 0. The van der Waals surface area contributed by atoms with Gasteiger partial charge in [0, 0.05) is 23.4 Å². The van der Waals surface area contributed by atoms with E-state index in [9.17, 15) is 28.1 Å². The van der Waals surface area contributed by atoms with Gasteiger partial charge in [-0.3, -0.25) is 14.9 Å². The number of non-ortho nitro benzene ring substituents is 1. The van der Waals surface area contributed by atoms with E-state index in [1.54, 1.807) is 0 Å². The number of carbonyl (C=O) groups is 1. The number of aromatic nitrogens is 2. The monoisotopic (exact) mass is 440 g/mol. The Hall–Kier alpha value is -3.60. The number of carbonyl (C=O) groups excluding carboxylic acids is 1. The second kappa shape index (κ2) is 8.41. The number of halogens is 4. The fraction of sp³-hybridized carbons (Fsp3) is 0.111. The van der Waals surface area contributed by atoms with Crippen LogP contribution in [0.2, 0.25) is 5.02 Å². The highest BCUT2D eigenvalue weighted by molar-refractivity contribution is 6.31. The van der Waals surface area contributed by atoms with Crippen molar-refractivity contribution in [1.82, 2.24) is 9.78 Å². The summed E-state index contributed by atoms with van der Waals surface area (Å²) >= 11 is 5.86. The maximum Gasteiger partial charge on any atom is 0.422 e. The molecule has 0 saturated heterocycles. The third-order valence-electron chi connectivity index (χ3n) is 3.73. The van der Waals surface area contributed by atoms with Gasteiger partial charge in [0.15, 0.2) is 12.3 Å². The summed E-state index contributed by atoms with van der Waals surface area (Å²) in [6, 6.07) is 10.6. The predicted molar refractivity (Wildman–Crippen MR) is 101 cm³/mol. The molecule has 3 rings (SSSR count). The van der Waals surface area contributed by atoms with E-state index in [2.05, 4.69) is 10.4 Å². The van der Waals surface area contributed by atoms with Crippen LogP contribution in [0.4, 0.5) is 24.5 Å². The molecule has 8 nitrogen and oxygen atoms in total. The molecule has 0 aliphatic rings. The lowest BCUT2D eigenvalue weighted by Gasteiger charge is -2.13. The van der Waals surface area contributed by atoms with E-state index < -0.39 is 23.6 Å². The lowest BCUT2D eigenvalue weighted by Crippen LogP contribution is -2.20. The molecule has 0 saturated carbocycles. The molecule has 1 N–H and O–H groups in total. The van der Waals surface area contributed by atoms with Crippen LogP contribution in [0.3, 0.4) is 0 Å². The number of rotatable bonds is 6. The highest BCUT2D eigenvalue weighted by Gasteiger charge is 2.29. The molecular formula is C18H12ClF3N4O4. The normalized spacial score (nSPS) is 11.2. The summed E-state index contributed by atoms with van der Waals surface area (Å²) in [6.07, 6.45) is -3.10. The predicted octanol–water partition coefficient (Wildman–Crippen LogP) is 4.63. The Balaban J connectivity index is 1.77. The van der Waals surface area contributed by atoms with E-state index >= 15 is 0 Å².